The van der Waals surface area contributed by atoms with Gasteiger partial charge >= 0.3 is 0 Å². The van der Waals surface area contributed by atoms with Crippen LogP contribution in [0.15, 0.2) is 35.5 Å². The van der Waals surface area contributed by atoms with Gasteiger partial charge in [-0.3, -0.25) is 14.0 Å². The maximum Gasteiger partial charge on any atom is 0.262 e. The Balaban J connectivity index is 1.62. The van der Waals surface area contributed by atoms with E-state index in [4.69, 9.17) is 4.74 Å². The van der Waals surface area contributed by atoms with E-state index in [-0.39, 0.29) is 17.9 Å². The first-order valence-corrected chi connectivity index (χ1v) is 8.26. The fourth-order valence-corrected chi connectivity index (χ4v) is 3.14. The molecule has 0 saturated heterocycles. The van der Waals surface area contributed by atoms with Crippen LogP contribution < -0.4 is 15.6 Å². The summed E-state index contributed by atoms with van der Waals surface area (Å²) in [5, 5.41) is 7.14. The molecule has 0 amide bonds. The lowest BCUT2D eigenvalue weighted by Gasteiger charge is -2.13. The fourth-order valence-electron chi connectivity index (χ4n) is 3.14. The monoisotopic (exact) mass is 355 g/mol. The standard InChI is InChI=1S/C18H18FN5O2/c1-23-10-11(7-22-23)13-8-20-18(24(2)17(13)25)21-9-14-12-5-6-26-16(12)4-3-15(14)19/h3-4,7-8,10H,5-6,9H2,1-2H3,(H,20,21). The summed E-state index contributed by atoms with van der Waals surface area (Å²) in [7, 11) is 3.42. The molecule has 3 heterocycles. The zero-order valence-electron chi connectivity index (χ0n) is 14.5. The molecule has 0 spiro atoms. The van der Waals surface area contributed by atoms with E-state index in [0.29, 0.717) is 35.7 Å². The van der Waals surface area contributed by atoms with Gasteiger partial charge in [-0.2, -0.15) is 5.10 Å². The van der Waals surface area contributed by atoms with Crippen LogP contribution in [-0.4, -0.2) is 25.9 Å². The molecule has 0 bridgehead atoms. The summed E-state index contributed by atoms with van der Waals surface area (Å²) < 4.78 is 22.7. The van der Waals surface area contributed by atoms with E-state index < -0.39 is 0 Å². The van der Waals surface area contributed by atoms with Crippen molar-refractivity contribution >= 4 is 5.95 Å². The predicted molar refractivity (Wildman–Crippen MR) is 94.6 cm³/mol. The summed E-state index contributed by atoms with van der Waals surface area (Å²) in [6, 6.07) is 3.05. The number of halogens is 1. The second-order valence-electron chi connectivity index (χ2n) is 6.22. The Morgan fingerprint density at radius 2 is 2.15 bits per heavy atom. The largest absolute Gasteiger partial charge is 0.493 e. The highest BCUT2D eigenvalue weighted by Gasteiger charge is 2.20. The highest BCUT2D eigenvalue weighted by Crippen LogP contribution is 2.30. The number of benzene rings is 1. The third-order valence-corrected chi connectivity index (χ3v) is 4.55. The van der Waals surface area contributed by atoms with E-state index in [1.54, 1.807) is 37.2 Å². The molecule has 1 aliphatic heterocycles. The van der Waals surface area contributed by atoms with Gasteiger partial charge in [0.15, 0.2) is 0 Å². The molecule has 26 heavy (non-hydrogen) atoms. The molecule has 8 heteroatoms. The van der Waals surface area contributed by atoms with E-state index in [9.17, 15) is 9.18 Å². The van der Waals surface area contributed by atoms with Crippen LogP contribution in [0.1, 0.15) is 11.1 Å². The second kappa shape index (κ2) is 6.29. The summed E-state index contributed by atoms with van der Waals surface area (Å²) in [6.07, 6.45) is 5.56. The quantitative estimate of drug-likeness (QED) is 0.773. The van der Waals surface area contributed by atoms with Gasteiger partial charge in [-0.15, -0.1) is 0 Å². The first kappa shape index (κ1) is 16.3. The van der Waals surface area contributed by atoms with Crippen molar-refractivity contribution < 1.29 is 9.13 Å². The lowest BCUT2D eigenvalue weighted by molar-refractivity contribution is 0.356. The van der Waals surface area contributed by atoms with Crippen LogP contribution in [-0.2, 0) is 27.1 Å². The summed E-state index contributed by atoms with van der Waals surface area (Å²) in [5.74, 6) is 0.800. The van der Waals surface area contributed by atoms with Crippen LogP contribution in [0.2, 0.25) is 0 Å². The van der Waals surface area contributed by atoms with E-state index in [0.717, 1.165) is 11.3 Å². The van der Waals surface area contributed by atoms with Crippen LogP contribution in [0.5, 0.6) is 5.75 Å². The van der Waals surface area contributed by atoms with Crippen molar-refractivity contribution in [1.29, 1.82) is 0 Å². The van der Waals surface area contributed by atoms with Gasteiger partial charge in [0.2, 0.25) is 5.95 Å². The molecule has 0 unspecified atom stereocenters. The third-order valence-electron chi connectivity index (χ3n) is 4.55. The molecule has 0 atom stereocenters. The number of fused-ring (bicyclic) bond motifs is 1. The predicted octanol–water partition coefficient (Wildman–Crippen LogP) is 1.87. The molecule has 1 N–H and O–H groups in total. The van der Waals surface area contributed by atoms with Crippen molar-refractivity contribution in [1.82, 2.24) is 19.3 Å². The molecule has 1 aliphatic rings. The highest BCUT2D eigenvalue weighted by molar-refractivity contribution is 5.60. The molecule has 134 valence electrons. The Labute approximate surface area is 149 Å². The molecule has 0 radical (unpaired) electrons. The lowest BCUT2D eigenvalue weighted by Crippen LogP contribution is -2.23. The van der Waals surface area contributed by atoms with Crippen molar-refractivity contribution in [3.8, 4) is 16.9 Å². The normalized spacial score (nSPS) is 12.7. The molecule has 0 saturated carbocycles. The lowest BCUT2D eigenvalue weighted by atomic mass is 10.0. The number of hydrogen-bond acceptors (Lipinski definition) is 5. The summed E-state index contributed by atoms with van der Waals surface area (Å²) >= 11 is 0. The van der Waals surface area contributed by atoms with Crippen LogP contribution in [0.3, 0.4) is 0 Å². The summed E-state index contributed by atoms with van der Waals surface area (Å²) in [5.41, 5.74) is 2.39. The van der Waals surface area contributed by atoms with Gasteiger partial charge in [-0.1, -0.05) is 0 Å². The maximum atomic E-state index is 14.2. The third kappa shape index (κ3) is 2.73. The maximum absolute atomic E-state index is 14.2. The number of anilines is 1. The second-order valence-corrected chi connectivity index (χ2v) is 6.22. The van der Waals surface area contributed by atoms with Crippen LogP contribution >= 0.6 is 0 Å². The van der Waals surface area contributed by atoms with Crippen molar-refractivity contribution in [3.05, 3.63) is 58.0 Å². The van der Waals surface area contributed by atoms with Gasteiger partial charge in [0, 0.05) is 56.1 Å². The van der Waals surface area contributed by atoms with Gasteiger partial charge in [0.25, 0.3) is 5.56 Å². The van der Waals surface area contributed by atoms with Gasteiger partial charge in [0.1, 0.15) is 11.6 Å². The Hall–Kier alpha value is -3.16. The van der Waals surface area contributed by atoms with E-state index in [1.807, 2.05) is 0 Å². The van der Waals surface area contributed by atoms with Gasteiger partial charge in [0.05, 0.1) is 18.4 Å². The highest BCUT2D eigenvalue weighted by atomic mass is 19.1. The van der Waals surface area contributed by atoms with Crippen molar-refractivity contribution in [2.45, 2.75) is 13.0 Å². The summed E-state index contributed by atoms with van der Waals surface area (Å²) in [6.45, 7) is 0.785. The van der Waals surface area contributed by atoms with Gasteiger partial charge in [-0.25, -0.2) is 9.37 Å². The fraction of sp³-hybridized carbons (Fsp3) is 0.278. The SMILES string of the molecule is Cn1cc(-c2cnc(NCc3c(F)ccc4c3CCO4)n(C)c2=O)cn1. The number of nitrogens with one attached hydrogen (secondary N) is 1. The Morgan fingerprint density at radius 3 is 2.92 bits per heavy atom. The molecule has 1 aromatic carbocycles. The van der Waals surface area contributed by atoms with Crippen LogP contribution in [0.25, 0.3) is 11.1 Å². The smallest absolute Gasteiger partial charge is 0.262 e. The zero-order chi connectivity index (χ0) is 18.3. The number of ether oxygens (including phenoxy) is 1. The molecule has 2 aromatic heterocycles. The molecular formula is C18H18FN5O2. The van der Waals surface area contributed by atoms with Crippen molar-refractivity contribution in [3.63, 3.8) is 0 Å². The zero-order valence-corrected chi connectivity index (χ0v) is 14.5. The van der Waals surface area contributed by atoms with Crippen LogP contribution in [0.4, 0.5) is 10.3 Å². The molecule has 3 aromatic rings. The first-order chi connectivity index (χ1) is 12.5. The minimum atomic E-state index is -0.293. The molecule has 0 fully saturated rings. The number of hydrogen-bond donors (Lipinski definition) is 1. The van der Waals surface area contributed by atoms with Crippen molar-refractivity contribution in [2.75, 3.05) is 11.9 Å². The number of aromatic nitrogens is 4. The number of nitrogens with zero attached hydrogens (tertiary/aromatic N) is 4. The number of rotatable bonds is 4. The topological polar surface area (TPSA) is 74.0 Å². The average molecular weight is 355 g/mol. The molecule has 0 aliphatic carbocycles. The van der Waals surface area contributed by atoms with Crippen LogP contribution in [0, 0.1) is 5.82 Å². The first-order valence-electron chi connectivity index (χ1n) is 8.26. The van der Waals surface area contributed by atoms with E-state index >= 15 is 0 Å². The van der Waals surface area contributed by atoms with Crippen molar-refractivity contribution in [2.24, 2.45) is 14.1 Å². The molecular weight excluding hydrogens is 337 g/mol. The van der Waals surface area contributed by atoms with E-state index in [1.165, 1.54) is 16.8 Å². The average Bonchev–Trinajstić information content (AvgIpc) is 3.26. The Morgan fingerprint density at radius 1 is 1.31 bits per heavy atom. The summed E-state index contributed by atoms with van der Waals surface area (Å²) in [4.78, 5) is 16.9. The Kier molecular flexibility index (Phi) is 3.95. The van der Waals surface area contributed by atoms with E-state index in [2.05, 4.69) is 15.4 Å². The molecule has 7 nitrogen and oxygen atoms in total. The molecule has 4 rings (SSSR count). The van der Waals surface area contributed by atoms with Gasteiger partial charge in [-0.05, 0) is 12.1 Å². The Bertz CT molecular complexity index is 1040. The van der Waals surface area contributed by atoms with Gasteiger partial charge < -0.3 is 10.1 Å². The number of aryl methyl sites for hydroxylation is 1. The minimum Gasteiger partial charge on any atom is -0.493 e. The minimum absolute atomic E-state index is 0.197.